The Labute approximate surface area is 177 Å². The molecule has 1 aromatic carbocycles. The molecule has 1 fully saturated rings. The number of ether oxygens (including phenoxy) is 2. The molecule has 0 radical (unpaired) electrons. The third-order valence-corrected chi connectivity index (χ3v) is 9.24. The maximum atomic E-state index is 6.08. The molecule has 142 valence electrons. The lowest BCUT2D eigenvalue weighted by atomic mass is 9.83. The predicted octanol–water partition coefficient (Wildman–Crippen LogP) is 7.42. The number of hydrogen-bond acceptors (Lipinski definition) is 2. The van der Waals surface area contributed by atoms with Crippen LogP contribution in [-0.2, 0) is 4.74 Å². The zero-order valence-corrected chi connectivity index (χ0v) is 20.7. The first-order valence-corrected chi connectivity index (χ1v) is 18.4. The summed E-state index contributed by atoms with van der Waals surface area (Å²) in [6, 6.07) is 9.89. The third-order valence-electron chi connectivity index (χ3n) is 4.75. The summed E-state index contributed by atoms with van der Waals surface area (Å²) in [6.45, 7) is 3.88. The molecule has 0 aliphatic heterocycles. The smallest absolute Gasteiger partial charge is 0.267 e. The molecule has 1 saturated carbocycles. The van der Waals surface area contributed by atoms with Crippen molar-refractivity contribution in [1.29, 1.82) is 0 Å². The summed E-state index contributed by atoms with van der Waals surface area (Å²) in [5.41, 5.74) is 1.45. The van der Waals surface area contributed by atoms with E-state index >= 15 is 0 Å². The van der Waals surface area contributed by atoms with Gasteiger partial charge in [-0.2, -0.15) is 0 Å². The van der Waals surface area contributed by atoms with E-state index in [9.17, 15) is 0 Å². The molecule has 2 rings (SSSR count). The molecule has 0 saturated heterocycles. The molecule has 1 aromatic rings. The highest BCUT2D eigenvalue weighted by molar-refractivity contribution is 9.72. The van der Waals surface area contributed by atoms with Crippen LogP contribution in [0.5, 0.6) is 5.75 Å². The van der Waals surface area contributed by atoms with Gasteiger partial charge in [0, 0.05) is 6.61 Å². The Morgan fingerprint density at radius 3 is 2.24 bits per heavy atom. The van der Waals surface area contributed by atoms with Gasteiger partial charge in [0.15, 0.2) is 0 Å². The summed E-state index contributed by atoms with van der Waals surface area (Å²) in [6.07, 6.45) is 8.67. The molecule has 0 aromatic heterocycles. The molecule has 25 heavy (non-hydrogen) atoms. The molecule has 2 nitrogen and oxygen atoms in total. The van der Waals surface area contributed by atoms with Crippen molar-refractivity contribution >= 4 is 49.8 Å². The quantitative estimate of drug-likeness (QED) is 0.169. The van der Waals surface area contributed by atoms with Gasteiger partial charge in [0.2, 0.25) is 0 Å². The van der Waals surface area contributed by atoms with Crippen molar-refractivity contribution in [1.82, 2.24) is 0 Å². The summed E-state index contributed by atoms with van der Waals surface area (Å²) in [5, 5.41) is 0. The minimum atomic E-state index is -1.47. The standard InChI is InChI=1S/C19H29Br3O2Si/c1-2-3-13-23-18-9-5-16(6-10-18)17-7-11-19(12-8-17)24-14-4-15-25(20,21)22/h5-6,9-10,17,19H,2-4,7-8,11-15H2,1H3/t17-,19-. The van der Waals surface area contributed by atoms with Crippen molar-refractivity contribution < 1.29 is 9.47 Å². The van der Waals surface area contributed by atoms with Crippen LogP contribution in [0, 0.1) is 0 Å². The van der Waals surface area contributed by atoms with Gasteiger partial charge >= 0.3 is 0 Å². The number of benzene rings is 1. The van der Waals surface area contributed by atoms with E-state index in [0.717, 1.165) is 37.8 Å². The van der Waals surface area contributed by atoms with Gasteiger partial charge in [-0.25, -0.2) is 0 Å². The van der Waals surface area contributed by atoms with Crippen LogP contribution in [0.25, 0.3) is 0 Å². The number of hydrogen-bond donors (Lipinski definition) is 0. The molecular weight excluding hydrogens is 528 g/mol. The Hall–Kier alpha value is 0.637. The fourth-order valence-corrected chi connectivity index (χ4v) is 6.32. The Morgan fingerprint density at radius 2 is 1.64 bits per heavy atom. The Kier molecular flexibility index (Phi) is 10.1. The highest BCUT2D eigenvalue weighted by Crippen LogP contribution is 2.36. The van der Waals surface area contributed by atoms with Crippen molar-refractivity contribution in [3.05, 3.63) is 29.8 Å². The SMILES string of the molecule is CCCCOc1ccc([C@H]2CC[C@H](OCCC[Si](Br)(Br)Br)CC2)cc1. The van der Waals surface area contributed by atoms with Crippen LogP contribution in [0.4, 0.5) is 0 Å². The first-order chi connectivity index (χ1) is 12.0. The van der Waals surface area contributed by atoms with Crippen LogP contribution < -0.4 is 4.74 Å². The van der Waals surface area contributed by atoms with E-state index in [1.807, 2.05) is 0 Å². The molecule has 1 aliphatic rings. The molecule has 0 heterocycles. The van der Waals surface area contributed by atoms with Crippen molar-refractivity contribution in [2.75, 3.05) is 13.2 Å². The second-order valence-electron chi connectivity index (χ2n) is 6.83. The summed E-state index contributed by atoms with van der Waals surface area (Å²) in [5.74, 6) is 1.68. The summed E-state index contributed by atoms with van der Waals surface area (Å²) in [4.78, 5) is 0. The third kappa shape index (κ3) is 8.91. The van der Waals surface area contributed by atoms with Crippen LogP contribution in [0.1, 0.15) is 63.4 Å². The van der Waals surface area contributed by atoms with Crippen molar-refractivity contribution in [2.24, 2.45) is 0 Å². The fraction of sp³-hybridized carbons (Fsp3) is 0.684. The molecule has 0 N–H and O–H groups in total. The largest absolute Gasteiger partial charge is 0.494 e. The van der Waals surface area contributed by atoms with E-state index in [1.165, 1.54) is 37.7 Å². The summed E-state index contributed by atoms with van der Waals surface area (Å²) >= 11 is 11.0. The van der Waals surface area contributed by atoms with E-state index in [4.69, 9.17) is 9.47 Å². The van der Waals surface area contributed by atoms with E-state index in [1.54, 1.807) is 0 Å². The van der Waals surface area contributed by atoms with Gasteiger partial charge in [-0.1, -0.05) is 71.4 Å². The number of rotatable bonds is 10. The van der Waals surface area contributed by atoms with Gasteiger partial charge in [-0.15, -0.1) is 0 Å². The van der Waals surface area contributed by atoms with Crippen LogP contribution in [-0.4, -0.2) is 23.2 Å². The van der Waals surface area contributed by atoms with E-state index in [2.05, 4.69) is 77.1 Å². The average Bonchev–Trinajstić information content (AvgIpc) is 2.59. The van der Waals surface area contributed by atoms with Gasteiger partial charge in [-0.05, 0) is 68.2 Å². The van der Waals surface area contributed by atoms with Crippen LogP contribution in [0.2, 0.25) is 6.04 Å². The van der Waals surface area contributed by atoms with Crippen molar-refractivity contribution in [3.8, 4) is 5.75 Å². The van der Waals surface area contributed by atoms with Gasteiger partial charge in [0.25, 0.3) is 3.93 Å². The van der Waals surface area contributed by atoms with Crippen LogP contribution in [0.15, 0.2) is 24.3 Å². The molecule has 0 atom stereocenters. The fourth-order valence-electron chi connectivity index (χ4n) is 3.26. The van der Waals surface area contributed by atoms with Gasteiger partial charge in [0.1, 0.15) is 5.75 Å². The Morgan fingerprint density at radius 1 is 0.960 bits per heavy atom. The number of unbranched alkanes of at least 4 members (excludes halogenated alkanes) is 1. The molecular formula is C19H29Br3O2Si. The van der Waals surface area contributed by atoms with E-state index in [-0.39, 0.29) is 0 Å². The molecule has 0 unspecified atom stereocenters. The minimum Gasteiger partial charge on any atom is -0.494 e. The topological polar surface area (TPSA) is 18.5 Å². The highest BCUT2D eigenvalue weighted by Gasteiger charge is 2.24. The zero-order chi connectivity index (χ0) is 18.1. The molecule has 6 heteroatoms. The van der Waals surface area contributed by atoms with Crippen molar-refractivity contribution in [3.63, 3.8) is 0 Å². The van der Waals surface area contributed by atoms with Gasteiger partial charge in [-0.3, -0.25) is 0 Å². The highest BCUT2D eigenvalue weighted by atomic mass is 80.0. The maximum absolute atomic E-state index is 6.08. The van der Waals surface area contributed by atoms with E-state index in [0.29, 0.717) is 12.0 Å². The first kappa shape index (κ1) is 21.9. The Bertz CT molecular complexity index is 482. The lowest BCUT2D eigenvalue weighted by molar-refractivity contribution is 0.0251. The molecule has 0 amide bonds. The normalized spacial score (nSPS) is 21.3. The first-order valence-electron chi connectivity index (χ1n) is 9.39. The average molecular weight is 557 g/mol. The Balaban J connectivity index is 1.67. The zero-order valence-electron chi connectivity index (χ0n) is 15.0. The summed E-state index contributed by atoms with van der Waals surface area (Å²) in [7, 11) is 0. The van der Waals surface area contributed by atoms with Crippen LogP contribution in [0.3, 0.4) is 0 Å². The van der Waals surface area contributed by atoms with Gasteiger partial charge < -0.3 is 9.47 Å². The van der Waals surface area contributed by atoms with E-state index < -0.39 is 3.93 Å². The lowest BCUT2D eigenvalue weighted by Crippen LogP contribution is -2.21. The second kappa shape index (κ2) is 11.5. The molecule has 0 spiro atoms. The molecule has 0 bridgehead atoms. The van der Waals surface area contributed by atoms with Crippen LogP contribution >= 0.6 is 45.9 Å². The summed E-state index contributed by atoms with van der Waals surface area (Å²) < 4.78 is 10.4. The minimum absolute atomic E-state index is 0.449. The maximum Gasteiger partial charge on any atom is 0.267 e. The predicted molar refractivity (Wildman–Crippen MR) is 120 cm³/mol. The second-order valence-corrected chi connectivity index (χ2v) is 30.3. The number of halogens is 3. The molecule has 1 aliphatic carbocycles. The lowest BCUT2D eigenvalue weighted by Gasteiger charge is -2.29. The van der Waals surface area contributed by atoms with Crippen molar-refractivity contribution in [2.45, 2.75) is 69.9 Å². The van der Waals surface area contributed by atoms with Gasteiger partial charge in [0.05, 0.1) is 12.7 Å². The monoisotopic (exact) mass is 554 g/mol.